The standard InChI is InChI=1S/C22H28F3N3O6S3/c23-22(24,25)36(30,31)21-12-19(37(26,32)33)6-7-20(21)27-16(15-35-18-4-2-1-3-5-18)8-9-28-10-11-34-17(13-28)14-29/h1-7,12,16-17,27,29H,8-11,13-15H2,(H2,26,32,33)/t16-,17-/m1/s1. The Morgan fingerprint density at radius 2 is 1.86 bits per heavy atom. The van der Waals surface area contributed by atoms with Crippen LogP contribution >= 0.6 is 11.8 Å². The molecule has 0 unspecified atom stereocenters. The van der Waals surface area contributed by atoms with Crippen LogP contribution in [0.25, 0.3) is 0 Å². The van der Waals surface area contributed by atoms with Crippen molar-refractivity contribution in [2.24, 2.45) is 5.14 Å². The van der Waals surface area contributed by atoms with Crippen LogP contribution in [-0.4, -0.2) is 83.1 Å². The molecule has 206 valence electrons. The van der Waals surface area contributed by atoms with Crippen molar-refractivity contribution >= 4 is 37.3 Å². The Balaban J connectivity index is 1.90. The van der Waals surface area contributed by atoms with Gasteiger partial charge in [0.15, 0.2) is 0 Å². The zero-order valence-electron chi connectivity index (χ0n) is 19.6. The Hall–Kier alpha value is -1.88. The summed E-state index contributed by atoms with van der Waals surface area (Å²) in [5, 5.41) is 17.3. The second kappa shape index (κ2) is 12.3. The van der Waals surface area contributed by atoms with E-state index in [1.54, 1.807) is 0 Å². The molecule has 1 fully saturated rings. The second-order valence-electron chi connectivity index (χ2n) is 8.38. The summed E-state index contributed by atoms with van der Waals surface area (Å²) in [6.45, 7) is 1.86. The van der Waals surface area contributed by atoms with Gasteiger partial charge in [-0.3, -0.25) is 4.90 Å². The van der Waals surface area contributed by atoms with E-state index in [4.69, 9.17) is 9.88 Å². The molecule has 3 rings (SSSR count). The van der Waals surface area contributed by atoms with Crippen LogP contribution in [0.2, 0.25) is 0 Å². The van der Waals surface area contributed by atoms with Crippen LogP contribution in [0.1, 0.15) is 6.42 Å². The highest BCUT2D eigenvalue weighted by molar-refractivity contribution is 7.99. The van der Waals surface area contributed by atoms with Crippen LogP contribution in [0.5, 0.6) is 0 Å². The topological polar surface area (TPSA) is 139 Å². The number of alkyl halides is 3. The van der Waals surface area contributed by atoms with E-state index >= 15 is 0 Å². The third-order valence-electron chi connectivity index (χ3n) is 5.65. The zero-order valence-corrected chi connectivity index (χ0v) is 22.0. The first-order valence-corrected chi connectivity index (χ1v) is 15.2. The van der Waals surface area contributed by atoms with Crippen molar-refractivity contribution in [3.8, 4) is 0 Å². The van der Waals surface area contributed by atoms with Crippen LogP contribution in [-0.2, 0) is 24.6 Å². The van der Waals surface area contributed by atoms with Crippen LogP contribution < -0.4 is 10.5 Å². The molecule has 0 spiro atoms. The van der Waals surface area contributed by atoms with Gasteiger partial charge in [0.05, 0.1) is 29.9 Å². The van der Waals surface area contributed by atoms with Crippen molar-refractivity contribution in [2.45, 2.75) is 38.8 Å². The quantitative estimate of drug-likeness (QED) is 0.340. The lowest BCUT2D eigenvalue weighted by Gasteiger charge is -2.33. The van der Waals surface area contributed by atoms with Crippen molar-refractivity contribution in [3.05, 3.63) is 48.5 Å². The highest BCUT2D eigenvalue weighted by Gasteiger charge is 2.48. The highest BCUT2D eigenvalue weighted by Crippen LogP contribution is 2.36. The fraction of sp³-hybridized carbons (Fsp3) is 0.455. The molecule has 1 aliphatic heterocycles. The molecule has 0 radical (unpaired) electrons. The maximum Gasteiger partial charge on any atom is 0.501 e. The van der Waals surface area contributed by atoms with Crippen LogP contribution in [0, 0.1) is 0 Å². The van der Waals surface area contributed by atoms with E-state index in [2.05, 4.69) is 5.32 Å². The van der Waals surface area contributed by atoms with Gasteiger partial charge in [0, 0.05) is 36.3 Å². The number of morpholine rings is 1. The molecule has 2 atom stereocenters. The number of anilines is 1. The number of rotatable bonds is 11. The molecule has 1 saturated heterocycles. The monoisotopic (exact) mass is 583 g/mol. The lowest BCUT2D eigenvalue weighted by atomic mass is 10.2. The number of aliphatic hydroxyl groups excluding tert-OH is 1. The van der Waals surface area contributed by atoms with Crippen molar-refractivity contribution in [1.82, 2.24) is 4.90 Å². The maximum atomic E-state index is 13.5. The Morgan fingerprint density at radius 3 is 2.49 bits per heavy atom. The van der Waals surface area contributed by atoms with Crippen LogP contribution in [0.4, 0.5) is 18.9 Å². The summed E-state index contributed by atoms with van der Waals surface area (Å²) >= 11 is 1.43. The minimum absolute atomic E-state index is 0.142. The summed E-state index contributed by atoms with van der Waals surface area (Å²) in [6, 6.07) is 11.1. The predicted molar refractivity (Wildman–Crippen MR) is 134 cm³/mol. The summed E-state index contributed by atoms with van der Waals surface area (Å²) in [5.74, 6) is 0.375. The molecular formula is C22H28F3N3O6S3. The van der Waals surface area contributed by atoms with Gasteiger partial charge in [0.2, 0.25) is 10.0 Å². The van der Waals surface area contributed by atoms with E-state index in [0.717, 1.165) is 17.0 Å². The number of sulfonamides is 1. The SMILES string of the molecule is NS(=O)(=O)c1ccc(N[C@H](CCN2CCO[C@@H](CO)C2)CSc2ccccc2)c(S(=O)(=O)C(F)(F)F)c1. The average Bonchev–Trinajstić information content (AvgIpc) is 2.85. The van der Waals surface area contributed by atoms with E-state index in [1.165, 1.54) is 11.8 Å². The minimum Gasteiger partial charge on any atom is -0.394 e. The Bertz CT molecular complexity index is 1260. The molecule has 2 aromatic carbocycles. The van der Waals surface area contributed by atoms with Crippen LogP contribution in [0.15, 0.2) is 63.2 Å². The average molecular weight is 584 g/mol. The number of ether oxygens (including phenoxy) is 1. The van der Waals surface area contributed by atoms with Gasteiger partial charge in [-0.2, -0.15) is 13.2 Å². The smallest absolute Gasteiger partial charge is 0.394 e. The van der Waals surface area contributed by atoms with Gasteiger partial charge >= 0.3 is 5.51 Å². The molecule has 1 heterocycles. The predicted octanol–water partition coefficient (Wildman–Crippen LogP) is 2.28. The number of nitrogens with two attached hydrogens (primary N) is 1. The Morgan fingerprint density at radius 1 is 1.16 bits per heavy atom. The number of aliphatic hydroxyl groups is 1. The van der Waals surface area contributed by atoms with E-state index in [0.29, 0.717) is 44.5 Å². The summed E-state index contributed by atoms with van der Waals surface area (Å²) in [4.78, 5) is 0.991. The van der Waals surface area contributed by atoms with Crippen molar-refractivity contribution in [2.75, 3.05) is 43.9 Å². The van der Waals surface area contributed by atoms with Crippen molar-refractivity contribution in [3.63, 3.8) is 0 Å². The molecule has 9 nitrogen and oxygen atoms in total. The molecule has 0 saturated carbocycles. The number of hydrogen-bond acceptors (Lipinski definition) is 9. The Labute approximate surface area is 218 Å². The third kappa shape index (κ3) is 8.05. The van der Waals surface area contributed by atoms with E-state index in [-0.39, 0.29) is 18.4 Å². The lowest BCUT2D eigenvalue weighted by molar-refractivity contribution is -0.0529. The molecule has 15 heteroatoms. The molecule has 2 aromatic rings. The van der Waals surface area contributed by atoms with Gasteiger partial charge in [-0.1, -0.05) is 18.2 Å². The first-order valence-electron chi connectivity index (χ1n) is 11.2. The van der Waals surface area contributed by atoms with Gasteiger partial charge in [0.25, 0.3) is 9.84 Å². The largest absolute Gasteiger partial charge is 0.501 e. The van der Waals surface area contributed by atoms with Gasteiger partial charge in [-0.25, -0.2) is 22.0 Å². The second-order valence-corrected chi connectivity index (χ2v) is 12.9. The van der Waals surface area contributed by atoms with Gasteiger partial charge in [-0.15, -0.1) is 11.8 Å². The Kier molecular flexibility index (Phi) is 9.88. The number of hydrogen-bond donors (Lipinski definition) is 3. The summed E-state index contributed by atoms with van der Waals surface area (Å²) in [7, 11) is -10.4. The fourth-order valence-corrected chi connectivity index (χ4v) is 6.26. The first-order chi connectivity index (χ1) is 17.3. The summed E-state index contributed by atoms with van der Waals surface area (Å²) in [5.41, 5.74) is -6.03. The molecule has 0 aromatic heterocycles. The summed E-state index contributed by atoms with van der Waals surface area (Å²) in [6.07, 6.45) is 0.0774. The molecule has 0 aliphatic carbocycles. The van der Waals surface area contributed by atoms with Crippen molar-refractivity contribution < 1.29 is 39.9 Å². The normalized spacial score (nSPS) is 18.5. The number of primary sulfonamides is 1. The number of nitrogens with zero attached hydrogens (tertiary/aromatic N) is 1. The number of sulfone groups is 1. The van der Waals surface area contributed by atoms with E-state index < -0.39 is 41.2 Å². The van der Waals surface area contributed by atoms with Crippen LogP contribution in [0.3, 0.4) is 0 Å². The molecule has 1 aliphatic rings. The zero-order chi connectivity index (χ0) is 27.3. The van der Waals surface area contributed by atoms with E-state index in [1.807, 2.05) is 35.2 Å². The molecule has 0 amide bonds. The number of thioether (sulfide) groups is 1. The highest BCUT2D eigenvalue weighted by atomic mass is 32.2. The first kappa shape index (κ1) is 29.7. The molecule has 0 bridgehead atoms. The number of nitrogens with one attached hydrogen (secondary N) is 1. The van der Waals surface area contributed by atoms with E-state index in [9.17, 15) is 35.1 Å². The van der Waals surface area contributed by atoms with Gasteiger partial charge in [-0.05, 0) is 36.8 Å². The fourth-order valence-electron chi connectivity index (χ4n) is 3.71. The molecular weight excluding hydrogens is 555 g/mol. The van der Waals surface area contributed by atoms with Gasteiger partial charge < -0.3 is 15.2 Å². The third-order valence-corrected chi connectivity index (χ3v) is 9.26. The molecule has 4 N–H and O–H groups in total. The van der Waals surface area contributed by atoms with Gasteiger partial charge in [0.1, 0.15) is 4.90 Å². The maximum absolute atomic E-state index is 13.5. The number of halogens is 3. The van der Waals surface area contributed by atoms with Crippen molar-refractivity contribution in [1.29, 1.82) is 0 Å². The number of benzene rings is 2. The lowest BCUT2D eigenvalue weighted by Crippen LogP contribution is -2.45. The molecule has 37 heavy (non-hydrogen) atoms. The minimum atomic E-state index is -5.89. The summed E-state index contributed by atoms with van der Waals surface area (Å²) < 4.78 is 93.9.